The first-order chi connectivity index (χ1) is 10.6. The van der Waals surface area contributed by atoms with Crippen molar-refractivity contribution in [2.75, 3.05) is 0 Å². The summed E-state index contributed by atoms with van der Waals surface area (Å²) < 4.78 is 5.23. The highest BCUT2D eigenvalue weighted by Crippen LogP contribution is 2.08. The van der Waals surface area contributed by atoms with Gasteiger partial charge in [-0.05, 0) is 37.5 Å². The van der Waals surface area contributed by atoms with Gasteiger partial charge in [0.15, 0.2) is 0 Å². The number of amides is 1. The van der Waals surface area contributed by atoms with Gasteiger partial charge in [-0.25, -0.2) is 4.98 Å². The lowest BCUT2D eigenvalue weighted by Crippen LogP contribution is -2.31. The summed E-state index contributed by atoms with van der Waals surface area (Å²) >= 11 is 1.22. The minimum atomic E-state index is -0.456. The zero-order valence-electron chi connectivity index (χ0n) is 12.0. The van der Waals surface area contributed by atoms with E-state index in [1.807, 2.05) is 13.0 Å². The van der Waals surface area contributed by atoms with Crippen molar-refractivity contribution in [3.63, 3.8) is 0 Å². The number of pyridine rings is 1. The fraction of sp³-hybridized carbons (Fsp3) is 0.214. The fourth-order valence-electron chi connectivity index (χ4n) is 2.10. The average Bonchev–Trinajstić information content (AvgIpc) is 2.90. The quantitative estimate of drug-likeness (QED) is 0.781. The molecule has 0 saturated heterocycles. The molecule has 0 fully saturated rings. The maximum atomic E-state index is 12.5. The van der Waals surface area contributed by atoms with Gasteiger partial charge >= 0.3 is 0 Å². The van der Waals surface area contributed by atoms with Crippen molar-refractivity contribution in [2.24, 2.45) is 0 Å². The third-order valence-corrected chi connectivity index (χ3v) is 4.15. The summed E-state index contributed by atoms with van der Waals surface area (Å²) in [6.45, 7) is 3.91. The third-order valence-electron chi connectivity index (χ3n) is 3.32. The van der Waals surface area contributed by atoms with Gasteiger partial charge in [0.05, 0.1) is 17.1 Å². The summed E-state index contributed by atoms with van der Waals surface area (Å²) in [6, 6.07) is 5.34. The lowest BCUT2D eigenvalue weighted by atomic mass is 10.2. The van der Waals surface area contributed by atoms with Crippen molar-refractivity contribution < 1.29 is 4.79 Å². The van der Waals surface area contributed by atoms with E-state index in [2.05, 4.69) is 19.9 Å². The van der Waals surface area contributed by atoms with Crippen LogP contribution in [0, 0.1) is 13.8 Å². The summed E-state index contributed by atoms with van der Waals surface area (Å²) in [5, 5.41) is 6.58. The summed E-state index contributed by atoms with van der Waals surface area (Å²) in [4.78, 5) is 29.7. The first kappa shape index (κ1) is 14.3. The molecule has 1 N–H and O–H groups in total. The molecule has 0 radical (unpaired) electrons. The van der Waals surface area contributed by atoms with E-state index in [1.54, 1.807) is 19.1 Å². The van der Waals surface area contributed by atoms with Crippen molar-refractivity contribution >= 4 is 23.1 Å². The van der Waals surface area contributed by atoms with Gasteiger partial charge in [-0.1, -0.05) is 10.6 Å². The Morgan fingerprint density at radius 3 is 2.91 bits per heavy atom. The zero-order valence-corrected chi connectivity index (χ0v) is 12.8. The van der Waals surface area contributed by atoms with Gasteiger partial charge in [-0.2, -0.15) is 0 Å². The Hall–Kier alpha value is -2.61. The minimum Gasteiger partial charge on any atom is -0.347 e. The van der Waals surface area contributed by atoms with Gasteiger partial charge in [-0.15, -0.1) is 5.10 Å². The number of aryl methyl sites for hydroxylation is 2. The van der Waals surface area contributed by atoms with E-state index in [0.717, 1.165) is 16.3 Å². The number of carbonyl (C=O) groups is 1. The standard InChI is InChI=1S/C14H13N5O2S/c1-8-4-3-5-12-15-6-10(14(21)19(8)12)13(20)16-7-11-9(2)17-18-22-11/h3-6H,7H2,1-2H3,(H,16,20). The van der Waals surface area contributed by atoms with Crippen LogP contribution in [-0.4, -0.2) is 24.9 Å². The molecular formula is C14H13N5O2S. The smallest absolute Gasteiger partial charge is 0.270 e. The number of carbonyl (C=O) groups excluding carboxylic acids is 1. The minimum absolute atomic E-state index is 0.0157. The zero-order chi connectivity index (χ0) is 15.7. The molecule has 0 bridgehead atoms. The molecule has 3 aromatic heterocycles. The van der Waals surface area contributed by atoms with Crippen LogP contribution in [0.3, 0.4) is 0 Å². The Morgan fingerprint density at radius 2 is 2.18 bits per heavy atom. The molecule has 8 heteroatoms. The summed E-state index contributed by atoms with van der Waals surface area (Å²) in [5.41, 5.74) is 1.66. The molecule has 3 rings (SSSR count). The van der Waals surface area contributed by atoms with Crippen LogP contribution >= 0.6 is 11.5 Å². The van der Waals surface area contributed by atoms with E-state index >= 15 is 0 Å². The van der Waals surface area contributed by atoms with Crippen molar-refractivity contribution in [1.29, 1.82) is 0 Å². The van der Waals surface area contributed by atoms with E-state index in [9.17, 15) is 9.59 Å². The molecule has 3 aromatic rings. The Morgan fingerprint density at radius 1 is 1.36 bits per heavy atom. The first-order valence-corrected chi connectivity index (χ1v) is 7.38. The number of nitrogens with one attached hydrogen (secondary N) is 1. The highest BCUT2D eigenvalue weighted by atomic mass is 32.1. The molecule has 0 aliphatic carbocycles. The number of aromatic nitrogens is 4. The molecule has 22 heavy (non-hydrogen) atoms. The Bertz CT molecular complexity index is 915. The van der Waals surface area contributed by atoms with Crippen LogP contribution < -0.4 is 10.9 Å². The molecule has 0 saturated carbocycles. The molecule has 3 heterocycles. The molecule has 1 amide bonds. The van der Waals surface area contributed by atoms with E-state index < -0.39 is 5.91 Å². The van der Waals surface area contributed by atoms with Crippen LogP contribution in [0.25, 0.3) is 5.65 Å². The number of hydrogen-bond acceptors (Lipinski definition) is 6. The van der Waals surface area contributed by atoms with Crippen molar-refractivity contribution in [1.82, 2.24) is 24.3 Å². The molecule has 0 aliphatic heterocycles. The molecule has 0 atom stereocenters. The monoisotopic (exact) mass is 315 g/mol. The summed E-state index contributed by atoms with van der Waals surface area (Å²) in [6.07, 6.45) is 1.31. The molecule has 0 aromatic carbocycles. The van der Waals surface area contributed by atoms with Gasteiger partial charge in [0, 0.05) is 11.9 Å². The Balaban J connectivity index is 1.91. The highest BCUT2D eigenvalue weighted by molar-refractivity contribution is 7.05. The number of hydrogen-bond donors (Lipinski definition) is 1. The van der Waals surface area contributed by atoms with E-state index in [-0.39, 0.29) is 17.7 Å². The van der Waals surface area contributed by atoms with Crippen LogP contribution in [0.1, 0.15) is 26.6 Å². The molecule has 0 spiro atoms. The normalized spacial score (nSPS) is 10.8. The summed E-state index contributed by atoms with van der Waals surface area (Å²) in [7, 11) is 0. The van der Waals surface area contributed by atoms with Gasteiger partial charge in [0.25, 0.3) is 11.5 Å². The average molecular weight is 315 g/mol. The third kappa shape index (κ3) is 2.48. The van der Waals surface area contributed by atoms with Crippen molar-refractivity contribution in [3.05, 3.63) is 56.6 Å². The highest BCUT2D eigenvalue weighted by Gasteiger charge is 2.14. The number of fused-ring (bicyclic) bond motifs is 1. The number of rotatable bonds is 3. The van der Waals surface area contributed by atoms with Crippen LogP contribution in [0.2, 0.25) is 0 Å². The van der Waals surface area contributed by atoms with E-state index in [1.165, 1.54) is 22.1 Å². The lowest BCUT2D eigenvalue weighted by Gasteiger charge is -2.07. The van der Waals surface area contributed by atoms with Crippen molar-refractivity contribution in [3.8, 4) is 0 Å². The molecule has 0 aliphatic rings. The van der Waals surface area contributed by atoms with Crippen LogP contribution in [0.4, 0.5) is 0 Å². The van der Waals surface area contributed by atoms with Gasteiger partial charge < -0.3 is 5.32 Å². The molecule has 112 valence electrons. The van der Waals surface area contributed by atoms with Gasteiger partial charge in [0.1, 0.15) is 11.2 Å². The van der Waals surface area contributed by atoms with Gasteiger partial charge in [0.2, 0.25) is 0 Å². The predicted molar refractivity (Wildman–Crippen MR) is 82.0 cm³/mol. The van der Waals surface area contributed by atoms with Gasteiger partial charge in [-0.3, -0.25) is 14.0 Å². The molecular weight excluding hydrogens is 302 g/mol. The predicted octanol–water partition coefficient (Wildman–Crippen LogP) is 1.09. The largest absolute Gasteiger partial charge is 0.347 e. The van der Waals surface area contributed by atoms with Crippen molar-refractivity contribution in [2.45, 2.75) is 20.4 Å². The van der Waals surface area contributed by atoms with E-state index in [0.29, 0.717) is 5.65 Å². The lowest BCUT2D eigenvalue weighted by molar-refractivity contribution is 0.0949. The van der Waals surface area contributed by atoms with Crippen LogP contribution in [0.15, 0.2) is 29.2 Å². The second-order valence-electron chi connectivity index (χ2n) is 4.80. The Kier molecular flexibility index (Phi) is 3.68. The SMILES string of the molecule is Cc1nnsc1CNC(=O)c1cnc2cccc(C)n2c1=O. The topological polar surface area (TPSA) is 89.2 Å². The molecule has 0 unspecified atom stereocenters. The number of nitrogens with zero attached hydrogens (tertiary/aromatic N) is 4. The second kappa shape index (κ2) is 5.64. The maximum absolute atomic E-state index is 12.5. The fourth-order valence-corrected chi connectivity index (χ4v) is 2.67. The first-order valence-electron chi connectivity index (χ1n) is 6.61. The molecule has 7 nitrogen and oxygen atoms in total. The van der Waals surface area contributed by atoms with E-state index in [4.69, 9.17) is 0 Å². The van der Waals surface area contributed by atoms with Crippen LogP contribution in [-0.2, 0) is 6.54 Å². The summed E-state index contributed by atoms with van der Waals surface area (Å²) in [5.74, 6) is -0.456. The Labute approximate surface area is 129 Å². The maximum Gasteiger partial charge on any atom is 0.270 e. The second-order valence-corrected chi connectivity index (χ2v) is 5.64. The van der Waals surface area contributed by atoms with Crippen LogP contribution in [0.5, 0.6) is 0 Å².